The summed E-state index contributed by atoms with van der Waals surface area (Å²) >= 11 is 4.78. The number of carbonyl (C=O) groups is 2. The van der Waals surface area contributed by atoms with E-state index in [9.17, 15) is 19.8 Å². The van der Waals surface area contributed by atoms with Gasteiger partial charge in [-0.05, 0) is 37.6 Å². The zero-order chi connectivity index (χ0) is 19.6. The number of aliphatic carboxylic acids is 1. The molecule has 0 unspecified atom stereocenters. The minimum absolute atomic E-state index is 0.0489. The molecule has 4 rings (SSSR count). The molecule has 1 fully saturated rings. The molecule has 0 saturated carbocycles. The molecule has 0 aliphatic carbocycles. The predicted octanol–water partition coefficient (Wildman–Crippen LogP) is 0.342. The molecule has 144 valence electrons. The van der Waals surface area contributed by atoms with Gasteiger partial charge in [0.2, 0.25) is 15.8 Å². The summed E-state index contributed by atoms with van der Waals surface area (Å²) in [5, 5.41) is 23.8. The number of carboxylic acid groups (broad SMARTS) is 1. The van der Waals surface area contributed by atoms with Crippen molar-refractivity contribution in [2.45, 2.75) is 35.7 Å². The van der Waals surface area contributed by atoms with Crippen LogP contribution in [0.3, 0.4) is 0 Å². The topological polar surface area (TPSA) is 89.7 Å². The molecule has 10 heteroatoms. The number of aliphatic hydroxyl groups excluding tert-OH is 1. The fourth-order valence-corrected chi connectivity index (χ4v) is 7.08. The Labute approximate surface area is 168 Å². The largest absolute Gasteiger partial charge is 0.543 e. The maximum atomic E-state index is 12.4. The molecule has 3 atom stereocenters. The second-order valence-corrected chi connectivity index (χ2v) is 9.29. The van der Waals surface area contributed by atoms with E-state index in [2.05, 4.69) is 8.97 Å². The zero-order valence-corrected chi connectivity index (χ0v) is 17.7. The molecule has 1 saturated heterocycles. The Hall–Kier alpha value is -1.49. The van der Waals surface area contributed by atoms with Crippen LogP contribution >= 0.6 is 34.9 Å². The van der Waals surface area contributed by atoms with Gasteiger partial charge in [0.05, 0.1) is 41.7 Å². The number of carboxylic acids is 1. The first-order valence-electron chi connectivity index (χ1n) is 8.39. The Morgan fingerprint density at radius 2 is 2.15 bits per heavy atom. The van der Waals surface area contributed by atoms with Crippen LogP contribution in [0.15, 0.2) is 22.1 Å². The number of fused-ring (bicyclic) bond motifs is 2. The van der Waals surface area contributed by atoms with Gasteiger partial charge < -0.3 is 19.9 Å². The molecule has 1 N–H and O–H groups in total. The summed E-state index contributed by atoms with van der Waals surface area (Å²) in [5.41, 5.74) is 0.569. The Bertz CT molecular complexity index is 967. The number of amides is 1. The van der Waals surface area contributed by atoms with Crippen LogP contribution in [0.2, 0.25) is 0 Å². The fraction of sp³-hybridized carbons (Fsp3) is 0.471. The lowest BCUT2D eigenvalue weighted by molar-refractivity contribution is -0.553. The van der Waals surface area contributed by atoms with E-state index < -0.39 is 18.0 Å². The van der Waals surface area contributed by atoms with Crippen molar-refractivity contribution < 1.29 is 24.2 Å². The number of aromatic nitrogens is 2. The number of thioether (sulfide) groups is 2. The second-order valence-electron chi connectivity index (χ2n) is 6.69. The summed E-state index contributed by atoms with van der Waals surface area (Å²) in [7, 11) is 2.01. The van der Waals surface area contributed by atoms with E-state index >= 15 is 0 Å². The van der Waals surface area contributed by atoms with Gasteiger partial charge >= 0.3 is 5.16 Å². The summed E-state index contributed by atoms with van der Waals surface area (Å²) in [6.45, 7) is 1.57. The van der Waals surface area contributed by atoms with E-state index in [1.807, 2.05) is 25.8 Å². The third-order valence-corrected chi connectivity index (χ3v) is 8.22. The van der Waals surface area contributed by atoms with Crippen molar-refractivity contribution in [1.82, 2.24) is 9.47 Å². The average Bonchev–Trinajstić information content (AvgIpc) is 3.22. The maximum Gasteiger partial charge on any atom is 0.324 e. The molecule has 1 amide bonds. The third kappa shape index (κ3) is 2.50. The number of carbonyl (C=O) groups excluding carboxylic acids is 2. The van der Waals surface area contributed by atoms with Crippen molar-refractivity contribution in [3.63, 3.8) is 0 Å². The lowest BCUT2D eigenvalue weighted by atomic mass is 9.83. The number of hydrogen-bond acceptors (Lipinski definition) is 7. The molecule has 4 heterocycles. The Morgan fingerprint density at radius 3 is 2.70 bits per heavy atom. The number of thiazole rings is 1. The summed E-state index contributed by atoms with van der Waals surface area (Å²) in [5.74, 6) is -2.23. The number of β-lactam (4-membered cyclic amide) rings is 1. The lowest BCUT2D eigenvalue weighted by Gasteiger charge is -2.45. The molecular weight excluding hydrogens is 406 g/mol. The molecule has 27 heavy (non-hydrogen) atoms. The monoisotopic (exact) mass is 425 g/mol. The van der Waals surface area contributed by atoms with Crippen molar-refractivity contribution in [3.05, 3.63) is 16.8 Å². The predicted molar refractivity (Wildman–Crippen MR) is 102 cm³/mol. The summed E-state index contributed by atoms with van der Waals surface area (Å²) in [4.78, 5) is 27.3. The lowest BCUT2D eigenvalue weighted by Crippen LogP contribution is -2.62. The van der Waals surface area contributed by atoms with Crippen LogP contribution in [0, 0.1) is 5.92 Å². The van der Waals surface area contributed by atoms with Gasteiger partial charge in [-0.1, -0.05) is 23.1 Å². The van der Waals surface area contributed by atoms with Crippen LogP contribution in [0.1, 0.15) is 18.2 Å². The molecule has 0 aromatic carbocycles. The number of hydrogen-bond donors (Lipinski definition) is 1. The van der Waals surface area contributed by atoms with E-state index in [1.165, 1.54) is 16.2 Å². The maximum absolute atomic E-state index is 12.4. The smallest absolute Gasteiger partial charge is 0.324 e. The standard InChI is InChI=1S/C17H19N3O4S3/c1-7(21)11-9-5-8(12(16(23)24)20(9)13(11)22)10-6-19-15(27-10)14(25-3)18(2)17(19)26-4/h6-7,9,11,21H,5H2,1-4H3/t7-,9-,11-/m1/s1. The summed E-state index contributed by atoms with van der Waals surface area (Å²) in [6, 6.07) is -0.307. The molecule has 2 aromatic rings. The van der Waals surface area contributed by atoms with Gasteiger partial charge in [0.25, 0.3) is 0 Å². The van der Waals surface area contributed by atoms with Crippen molar-refractivity contribution >= 4 is 57.1 Å². The van der Waals surface area contributed by atoms with Gasteiger partial charge in [-0.15, -0.1) is 0 Å². The van der Waals surface area contributed by atoms with Crippen LogP contribution in [0.25, 0.3) is 10.4 Å². The highest BCUT2D eigenvalue weighted by Gasteiger charge is 2.55. The average molecular weight is 426 g/mol. The molecule has 2 aliphatic heterocycles. The van der Waals surface area contributed by atoms with E-state index in [0.717, 1.165) is 19.9 Å². The highest BCUT2D eigenvalue weighted by molar-refractivity contribution is 7.99. The number of aliphatic hydroxyl groups is 1. The number of nitrogens with zero attached hydrogens (tertiary/aromatic N) is 3. The first-order valence-corrected chi connectivity index (χ1v) is 11.7. The Morgan fingerprint density at radius 1 is 1.44 bits per heavy atom. The normalized spacial score (nSPS) is 23.1. The number of imidazole rings is 1. The van der Waals surface area contributed by atoms with E-state index in [0.29, 0.717) is 12.0 Å². The van der Waals surface area contributed by atoms with Crippen LogP contribution in [-0.2, 0) is 16.6 Å². The fourth-order valence-electron chi connectivity index (χ4n) is 4.11. The van der Waals surface area contributed by atoms with Gasteiger partial charge in [0.15, 0.2) is 0 Å². The highest BCUT2D eigenvalue weighted by Crippen LogP contribution is 2.48. The summed E-state index contributed by atoms with van der Waals surface area (Å²) < 4.78 is 4.19. The molecule has 2 aromatic heterocycles. The van der Waals surface area contributed by atoms with Crippen molar-refractivity contribution in [1.29, 1.82) is 0 Å². The number of rotatable bonds is 5. The van der Waals surface area contributed by atoms with Crippen LogP contribution in [-0.4, -0.2) is 51.1 Å². The van der Waals surface area contributed by atoms with Crippen LogP contribution in [0.5, 0.6) is 0 Å². The highest BCUT2D eigenvalue weighted by atomic mass is 32.2. The Kier molecular flexibility index (Phi) is 4.57. The molecule has 7 nitrogen and oxygen atoms in total. The van der Waals surface area contributed by atoms with E-state index in [-0.39, 0.29) is 17.6 Å². The third-order valence-electron chi connectivity index (χ3n) is 5.25. The van der Waals surface area contributed by atoms with Gasteiger partial charge in [-0.3, -0.25) is 4.79 Å². The minimum Gasteiger partial charge on any atom is -0.543 e. The molecular formula is C17H19N3O4S3. The SMILES string of the molecule is CSc1c2sc(C3=C(C(=O)[O-])N4C(=O)[C@H]([C@@H](C)O)[C@H]4C3)c[n+]2c(SC)n1C. The first-order chi connectivity index (χ1) is 12.8. The van der Waals surface area contributed by atoms with Crippen molar-refractivity contribution in [3.8, 4) is 0 Å². The van der Waals surface area contributed by atoms with Gasteiger partial charge in [-0.2, -0.15) is 4.40 Å². The molecule has 2 aliphatic rings. The van der Waals surface area contributed by atoms with Gasteiger partial charge in [0, 0.05) is 5.57 Å². The molecule has 0 radical (unpaired) electrons. The first kappa shape index (κ1) is 18.9. The van der Waals surface area contributed by atoms with Crippen molar-refractivity contribution in [2.75, 3.05) is 12.5 Å². The van der Waals surface area contributed by atoms with Crippen molar-refractivity contribution in [2.24, 2.45) is 13.0 Å². The van der Waals surface area contributed by atoms with Gasteiger partial charge in [-0.25, -0.2) is 4.57 Å². The van der Waals surface area contributed by atoms with Gasteiger partial charge in [0.1, 0.15) is 6.20 Å². The second kappa shape index (κ2) is 6.54. The zero-order valence-electron chi connectivity index (χ0n) is 15.3. The molecule has 0 bridgehead atoms. The van der Waals surface area contributed by atoms with Crippen LogP contribution in [0.4, 0.5) is 0 Å². The van der Waals surface area contributed by atoms with E-state index in [1.54, 1.807) is 30.4 Å². The summed E-state index contributed by atoms with van der Waals surface area (Å²) in [6.07, 6.45) is 5.58. The quantitative estimate of drug-likeness (QED) is 0.422. The van der Waals surface area contributed by atoms with E-state index in [4.69, 9.17) is 0 Å². The molecule has 0 spiro atoms. The minimum atomic E-state index is -1.34. The van der Waals surface area contributed by atoms with Crippen LogP contribution < -0.4 is 9.51 Å². The Balaban J connectivity index is 1.85.